The summed E-state index contributed by atoms with van der Waals surface area (Å²) in [6.07, 6.45) is 0.474. The molecule has 3 heteroatoms. The maximum absolute atomic E-state index is 12.1. The standard InChI is InChI=1S/C14H19NO2/c1-10(12-8-15-9-12)13(16)7-11-5-3-4-6-14(11)17-2/h3-6,10,12,15H,7-9H2,1-2H3. The number of carbonyl (C=O) groups is 1. The van der Waals surface area contributed by atoms with Gasteiger partial charge in [0.15, 0.2) is 0 Å². The Morgan fingerprint density at radius 3 is 2.76 bits per heavy atom. The van der Waals surface area contributed by atoms with E-state index in [1.807, 2.05) is 31.2 Å². The second-order valence-electron chi connectivity index (χ2n) is 4.66. The molecule has 2 rings (SSSR count). The highest BCUT2D eigenvalue weighted by Gasteiger charge is 2.28. The van der Waals surface area contributed by atoms with Crippen LogP contribution in [0.2, 0.25) is 0 Å². The van der Waals surface area contributed by atoms with Crippen molar-refractivity contribution in [2.45, 2.75) is 13.3 Å². The van der Waals surface area contributed by atoms with Crippen LogP contribution in [0, 0.1) is 11.8 Å². The van der Waals surface area contributed by atoms with Crippen molar-refractivity contribution in [3.05, 3.63) is 29.8 Å². The molecule has 0 bridgehead atoms. The third-order valence-electron chi connectivity index (χ3n) is 3.59. The van der Waals surface area contributed by atoms with Gasteiger partial charge < -0.3 is 10.1 Å². The number of hydrogen-bond acceptors (Lipinski definition) is 3. The molecule has 0 aliphatic carbocycles. The summed E-state index contributed by atoms with van der Waals surface area (Å²) in [7, 11) is 1.64. The highest BCUT2D eigenvalue weighted by Crippen LogP contribution is 2.22. The van der Waals surface area contributed by atoms with Gasteiger partial charge in [-0.25, -0.2) is 0 Å². The van der Waals surface area contributed by atoms with E-state index in [2.05, 4.69) is 5.32 Å². The monoisotopic (exact) mass is 233 g/mol. The first-order chi connectivity index (χ1) is 8.22. The second kappa shape index (κ2) is 5.32. The van der Waals surface area contributed by atoms with E-state index in [1.165, 1.54) is 0 Å². The molecule has 1 heterocycles. The van der Waals surface area contributed by atoms with Crippen molar-refractivity contribution < 1.29 is 9.53 Å². The third kappa shape index (κ3) is 2.67. The van der Waals surface area contributed by atoms with Gasteiger partial charge in [0.2, 0.25) is 0 Å². The van der Waals surface area contributed by atoms with Gasteiger partial charge in [0.05, 0.1) is 7.11 Å². The number of para-hydroxylation sites is 1. The van der Waals surface area contributed by atoms with Gasteiger partial charge in [-0.3, -0.25) is 4.79 Å². The molecular formula is C14H19NO2. The Bertz CT molecular complexity index is 399. The number of nitrogens with one attached hydrogen (secondary N) is 1. The number of Topliss-reactive ketones (excluding diaryl/α,β-unsaturated/α-hetero) is 1. The molecular weight excluding hydrogens is 214 g/mol. The maximum atomic E-state index is 12.1. The van der Waals surface area contributed by atoms with Crippen molar-refractivity contribution in [1.29, 1.82) is 0 Å². The minimum atomic E-state index is 0.140. The summed E-state index contributed by atoms with van der Waals surface area (Å²) < 4.78 is 5.26. The van der Waals surface area contributed by atoms with Crippen LogP contribution in [0.5, 0.6) is 5.75 Å². The largest absolute Gasteiger partial charge is 0.496 e. The smallest absolute Gasteiger partial charge is 0.140 e. The lowest BCUT2D eigenvalue weighted by Crippen LogP contribution is -2.47. The molecule has 1 atom stereocenters. The minimum absolute atomic E-state index is 0.140. The van der Waals surface area contributed by atoms with Crippen molar-refractivity contribution in [1.82, 2.24) is 5.32 Å². The van der Waals surface area contributed by atoms with Crippen molar-refractivity contribution in [2.75, 3.05) is 20.2 Å². The second-order valence-corrected chi connectivity index (χ2v) is 4.66. The summed E-state index contributed by atoms with van der Waals surface area (Å²) in [4.78, 5) is 12.1. The van der Waals surface area contributed by atoms with Gasteiger partial charge in [-0.1, -0.05) is 25.1 Å². The zero-order valence-corrected chi connectivity index (χ0v) is 10.4. The van der Waals surface area contributed by atoms with E-state index in [0.29, 0.717) is 18.1 Å². The molecule has 17 heavy (non-hydrogen) atoms. The molecule has 0 aromatic heterocycles. The third-order valence-corrected chi connectivity index (χ3v) is 3.59. The molecule has 1 aromatic carbocycles. The first-order valence-corrected chi connectivity index (χ1v) is 6.07. The molecule has 1 unspecified atom stereocenters. The van der Waals surface area contributed by atoms with Gasteiger partial charge in [0, 0.05) is 17.9 Å². The van der Waals surface area contributed by atoms with Gasteiger partial charge in [-0.2, -0.15) is 0 Å². The molecule has 1 aromatic rings. The zero-order chi connectivity index (χ0) is 12.3. The van der Waals surface area contributed by atoms with Crippen LogP contribution in [0.15, 0.2) is 24.3 Å². The molecule has 1 aliphatic heterocycles. The number of hydrogen-bond donors (Lipinski definition) is 1. The fraction of sp³-hybridized carbons (Fsp3) is 0.500. The Balaban J connectivity index is 2.01. The van der Waals surface area contributed by atoms with Crippen molar-refractivity contribution in [2.24, 2.45) is 11.8 Å². The van der Waals surface area contributed by atoms with E-state index in [9.17, 15) is 4.79 Å². The van der Waals surface area contributed by atoms with Crippen LogP contribution in [-0.4, -0.2) is 26.0 Å². The van der Waals surface area contributed by atoms with E-state index in [0.717, 1.165) is 24.4 Å². The van der Waals surface area contributed by atoms with E-state index in [-0.39, 0.29) is 5.92 Å². The van der Waals surface area contributed by atoms with Crippen LogP contribution in [-0.2, 0) is 11.2 Å². The molecule has 1 aliphatic rings. The normalized spacial score (nSPS) is 17.3. The Labute approximate surface area is 102 Å². The zero-order valence-electron chi connectivity index (χ0n) is 10.4. The minimum Gasteiger partial charge on any atom is -0.496 e. The summed E-state index contributed by atoms with van der Waals surface area (Å²) >= 11 is 0. The first-order valence-electron chi connectivity index (χ1n) is 6.07. The SMILES string of the molecule is COc1ccccc1CC(=O)C(C)C1CNC1. The highest BCUT2D eigenvalue weighted by molar-refractivity contribution is 5.84. The Morgan fingerprint density at radius 2 is 2.18 bits per heavy atom. The highest BCUT2D eigenvalue weighted by atomic mass is 16.5. The topological polar surface area (TPSA) is 38.3 Å². The van der Waals surface area contributed by atoms with Crippen molar-refractivity contribution in [3.8, 4) is 5.75 Å². The number of methoxy groups -OCH3 is 1. The number of rotatable bonds is 5. The van der Waals surface area contributed by atoms with Crippen LogP contribution >= 0.6 is 0 Å². The molecule has 0 radical (unpaired) electrons. The van der Waals surface area contributed by atoms with E-state index in [1.54, 1.807) is 7.11 Å². The van der Waals surface area contributed by atoms with Crippen molar-refractivity contribution in [3.63, 3.8) is 0 Å². The van der Waals surface area contributed by atoms with E-state index < -0.39 is 0 Å². The molecule has 1 saturated heterocycles. The van der Waals surface area contributed by atoms with Gasteiger partial charge in [-0.15, -0.1) is 0 Å². The van der Waals surface area contributed by atoms with Gasteiger partial charge >= 0.3 is 0 Å². The molecule has 1 N–H and O–H groups in total. The fourth-order valence-corrected chi connectivity index (χ4v) is 2.13. The van der Waals surface area contributed by atoms with Crippen LogP contribution in [0.3, 0.4) is 0 Å². The molecule has 0 amide bonds. The van der Waals surface area contributed by atoms with Gasteiger partial charge in [0.1, 0.15) is 11.5 Å². The summed E-state index contributed by atoms with van der Waals surface area (Å²) in [5.74, 6) is 1.76. The average Bonchev–Trinajstić information content (AvgIpc) is 2.27. The predicted molar refractivity (Wildman–Crippen MR) is 67.2 cm³/mol. The van der Waals surface area contributed by atoms with Gasteiger partial charge in [-0.05, 0) is 25.1 Å². The van der Waals surface area contributed by atoms with Gasteiger partial charge in [0.25, 0.3) is 0 Å². The van der Waals surface area contributed by atoms with Crippen molar-refractivity contribution >= 4 is 5.78 Å². The molecule has 0 saturated carbocycles. The lowest BCUT2D eigenvalue weighted by atomic mass is 9.84. The molecule has 0 spiro atoms. The Kier molecular flexibility index (Phi) is 3.79. The summed E-state index contributed by atoms with van der Waals surface area (Å²) in [6, 6.07) is 7.73. The Hall–Kier alpha value is -1.35. The average molecular weight is 233 g/mol. The Morgan fingerprint density at radius 1 is 1.47 bits per heavy atom. The van der Waals surface area contributed by atoms with E-state index >= 15 is 0 Å². The number of benzene rings is 1. The van der Waals surface area contributed by atoms with Crippen LogP contribution in [0.4, 0.5) is 0 Å². The predicted octanol–water partition coefficient (Wildman–Crippen LogP) is 1.66. The lowest BCUT2D eigenvalue weighted by molar-refractivity contribution is -0.123. The number of ether oxygens (including phenoxy) is 1. The van der Waals surface area contributed by atoms with Crippen LogP contribution in [0.1, 0.15) is 12.5 Å². The summed E-state index contributed by atoms with van der Waals surface area (Å²) in [5, 5.41) is 3.21. The van der Waals surface area contributed by atoms with Crippen LogP contribution < -0.4 is 10.1 Å². The summed E-state index contributed by atoms with van der Waals surface area (Å²) in [6.45, 7) is 3.97. The first kappa shape index (κ1) is 12.1. The quantitative estimate of drug-likeness (QED) is 0.840. The number of ketones is 1. The maximum Gasteiger partial charge on any atom is 0.140 e. The lowest BCUT2D eigenvalue weighted by Gasteiger charge is -2.31. The van der Waals surface area contributed by atoms with E-state index in [4.69, 9.17) is 4.74 Å². The fourth-order valence-electron chi connectivity index (χ4n) is 2.13. The number of carbonyl (C=O) groups excluding carboxylic acids is 1. The molecule has 3 nitrogen and oxygen atoms in total. The molecule has 1 fully saturated rings. The molecule has 92 valence electrons. The van der Waals surface area contributed by atoms with Crippen LogP contribution in [0.25, 0.3) is 0 Å². The summed E-state index contributed by atoms with van der Waals surface area (Å²) in [5.41, 5.74) is 0.985.